The number of hydrogen-bond acceptors (Lipinski definition) is 4. The van der Waals surface area contributed by atoms with Gasteiger partial charge in [-0.1, -0.05) is 11.6 Å². The molecule has 2 aromatic rings. The molecule has 1 amide bonds. The van der Waals surface area contributed by atoms with Gasteiger partial charge in [0.2, 0.25) is 5.91 Å². The molecular weight excluding hydrogens is 362 g/mol. The van der Waals surface area contributed by atoms with Crippen molar-refractivity contribution in [2.45, 2.75) is 22.5 Å². The SMILES string of the molecule is COc1ccc(N(C)C(=O)C2(S(=O)(=O)c3ccc(Cl)cc3)CC2)cc1. The second-order valence-electron chi connectivity index (χ2n) is 6.01. The Hall–Kier alpha value is -2.05. The highest BCUT2D eigenvalue weighted by Crippen LogP contribution is 2.48. The molecule has 0 aromatic heterocycles. The van der Waals surface area contributed by atoms with Gasteiger partial charge in [0.1, 0.15) is 5.75 Å². The average Bonchev–Trinajstić information content (AvgIpc) is 3.43. The Morgan fingerprint density at radius 2 is 1.64 bits per heavy atom. The second-order valence-corrected chi connectivity index (χ2v) is 8.71. The zero-order valence-corrected chi connectivity index (χ0v) is 15.5. The fourth-order valence-corrected chi connectivity index (χ4v) is 4.86. The predicted octanol–water partition coefficient (Wildman–Crippen LogP) is 3.32. The second kappa shape index (κ2) is 6.35. The van der Waals surface area contributed by atoms with Gasteiger partial charge in [0.25, 0.3) is 0 Å². The molecule has 0 saturated heterocycles. The summed E-state index contributed by atoms with van der Waals surface area (Å²) < 4.78 is 29.7. The van der Waals surface area contributed by atoms with Gasteiger partial charge in [0, 0.05) is 17.8 Å². The number of amides is 1. The Kier molecular flexibility index (Phi) is 4.51. The Morgan fingerprint density at radius 1 is 1.08 bits per heavy atom. The number of halogens is 1. The minimum Gasteiger partial charge on any atom is -0.497 e. The zero-order valence-electron chi connectivity index (χ0n) is 13.9. The third-order valence-electron chi connectivity index (χ3n) is 4.50. The molecule has 2 aromatic carbocycles. The van der Waals surface area contributed by atoms with E-state index in [0.717, 1.165) is 0 Å². The first-order valence-electron chi connectivity index (χ1n) is 7.74. The third-order valence-corrected chi connectivity index (χ3v) is 7.25. The summed E-state index contributed by atoms with van der Waals surface area (Å²) in [7, 11) is -0.642. The molecule has 0 atom stereocenters. The smallest absolute Gasteiger partial charge is 0.248 e. The number of anilines is 1. The lowest BCUT2D eigenvalue weighted by Crippen LogP contribution is -2.43. The molecule has 0 N–H and O–H groups in total. The van der Waals surface area contributed by atoms with E-state index in [4.69, 9.17) is 16.3 Å². The van der Waals surface area contributed by atoms with E-state index in [-0.39, 0.29) is 4.90 Å². The monoisotopic (exact) mass is 379 g/mol. The maximum atomic E-state index is 13.0. The van der Waals surface area contributed by atoms with Crippen LogP contribution in [-0.2, 0) is 14.6 Å². The molecule has 1 fully saturated rings. The highest BCUT2D eigenvalue weighted by Gasteiger charge is 2.62. The summed E-state index contributed by atoms with van der Waals surface area (Å²) in [5.74, 6) is 0.243. The number of benzene rings is 2. The standard InChI is InChI=1S/C18H18ClNO4S/c1-20(14-5-7-15(24-2)8-6-14)17(21)18(11-12-18)25(22,23)16-9-3-13(19)4-10-16/h3-10H,11-12H2,1-2H3. The number of hydrogen-bond donors (Lipinski definition) is 0. The molecule has 0 spiro atoms. The van der Waals surface area contributed by atoms with Crippen molar-refractivity contribution in [2.75, 3.05) is 19.1 Å². The predicted molar refractivity (Wildman–Crippen MR) is 97.0 cm³/mol. The van der Waals surface area contributed by atoms with Crippen LogP contribution in [0.4, 0.5) is 5.69 Å². The van der Waals surface area contributed by atoms with Gasteiger partial charge in [-0.3, -0.25) is 4.79 Å². The maximum absolute atomic E-state index is 13.0. The summed E-state index contributed by atoms with van der Waals surface area (Å²) in [6.07, 6.45) is 0.634. The van der Waals surface area contributed by atoms with Crippen molar-refractivity contribution >= 4 is 33.0 Å². The summed E-state index contributed by atoms with van der Waals surface area (Å²) in [4.78, 5) is 14.5. The van der Waals surface area contributed by atoms with Crippen LogP contribution in [-0.4, -0.2) is 33.2 Å². The summed E-state index contributed by atoms with van der Waals surface area (Å²) in [6, 6.07) is 12.8. The molecule has 0 unspecified atom stereocenters. The number of carbonyl (C=O) groups excluding carboxylic acids is 1. The molecule has 3 rings (SSSR count). The fraction of sp³-hybridized carbons (Fsp3) is 0.278. The van der Waals surface area contributed by atoms with E-state index in [1.807, 2.05) is 0 Å². The normalized spacial score (nSPS) is 15.5. The molecule has 7 heteroatoms. The van der Waals surface area contributed by atoms with Gasteiger partial charge in [-0.25, -0.2) is 8.42 Å². The minimum absolute atomic E-state index is 0.117. The van der Waals surface area contributed by atoms with Gasteiger partial charge in [0.05, 0.1) is 12.0 Å². The molecule has 0 bridgehead atoms. The lowest BCUT2D eigenvalue weighted by atomic mass is 10.2. The van der Waals surface area contributed by atoms with Crippen LogP contribution < -0.4 is 9.64 Å². The number of nitrogens with zero attached hydrogens (tertiary/aromatic N) is 1. The molecule has 0 radical (unpaired) electrons. The van der Waals surface area contributed by atoms with Crippen LogP contribution in [0.3, 0.4) is 0 Å². The molecule has 1 saturated carbocycles. The summed E-state index contributed by atoms with van der Waals surface area (Å²) >= 11 is 5.83. The van der Waals surface area contributed by atoms with E-state index in [9.17, 15) is 13.2 Å². The van der Waals surface area contributed by atoms with Crippen LogP contribution >= 0.6 is 11.6 Å². The summed E-state index contributed by atoms with van der Waals surface area (Å²) in [5.41, 5.74) is 0.614. The maximum Gasteiger partial charge on any atom is 0.248 e. The van der Waals surface area contributed by atoms with Crippen LogP contribution in [0.2, 0.25) is 5.02 Å². The van der Waals surface area contributed by atoms with Crippen LogP contribution in [0.5, 0.6) is 5.75 Å². The van der Waals surface area contributed by atoms with Gasteiger partial charge in [-0.15, -0.1) is 0 Å². The van der Waals surface area contributed by atoms with E-state index in [0.29, 0.717) is 29.3 Å². The van der Waals surface area contributed by atoms with Crippen molar-refractivity contribution < 1.29 is 17.9 Å². The van der Waals surface area contributed by atoms with Crippen LogP contribution in [0, 0.1) is 0 Å². The third kappa shape index (κ3) is 3.00. The first-order valence-corrected chi connectivity index (χ1v) is 9.60. The van der Waals surface area contributed by atoms with Crippen LogP contribution in [0.15, 0.2) is 53.4 Å². The average molecular weight is 380 g/mol. The van der Waals surface area contributed by atoms with E-state index >= 15 is 0 Å². The van der Waals surface area contributed by atoms with E-state index < -0.39 is 20.5 Å². The topological polar surface area (TPSA) is 63.7 Å². The lowest BCUT2D eigenvalue weighted by molar-refractivity contribution is -0.118. The Morgan fingerprint density at radius 3 is 2.12 bits per heavy atom. The molecule has 1 aliphatic carbocycles. The first kappa shape index (κ1) is 17.8. The first-order chi connectivity index (χ1) is 11.8. The largest absolute Gasteiger partial charge is 0.497 e. The van der Waals surface area contributed by atoms with Crippen molar-refractivity contribution in [3.63, 3.8) is 0 Å². The summed E-state index contributed by atoms with van der Waals surface area (Å²) in [6.45, 7) is 0. The molecule has 132 valence electrons. The highest BCUT2D eigenvalue weighted by molar-refractivity contribution is 7.94. The quantitative estimate of drug-likeness (QED) is 0.799. The molecule has 1 aliphatic rings. The molecule has 5 nitrogen and oxygen atoms in total. The van der Waals surface area contributed by atoms with Gasteiger partial charge in [-0.05, 0) is 61.4 Å². The van der Waals surface area contributed by atoms with Crippen molar-refractivity contribution in [1.82, 2.24) is 0 Å². The molecular formula is C18H18ClNO4S. The fourth-order valence-electron chi connectivity index (χ4n) is 2.78. The van der Waals surface area contributed by atoms with Crippen molar-refractivity contribution in [1.29, 1.82) is 0 Å². The molecule has 0 heterocycles. The van der Waals surface area contributed by atoms with E-state index in [1.54, 1.807) is 38.4 Å². The van der Waals surface area contributed by atoms with Crippen molar-refractivity contribution in [2.24, 2.45) is 0 Å². The Labute approximate surface area is 152 Å². The van der Waals surface area contributed by atoms with Crippen molar-refractivity contribution in [3.8, 4) is 5.75 Å². The van der Waals surface area contributed by atoms with Crippen molar-refractivity contribution in [3.05, 3.63) is 53.6 Å². The highest BCUT2D eigenvalue weighted by atomic mass is 35.5. The number of rotatable bonds is 5. The Bertz CT molecular complexity index is 888. The van der Waals surface area contributed by atoms with Gasteiger partial charge in [-0.2, -0.15) is 0 Å². The zero-order chi connectivity index (χ0) is 18.2. The van der Waals surface area contributed by atoms with Gasteiger partial charge >= 0.3 is 0 Å². The number of sulfone groups is 1. The number of ether oxygens (including phenoxy) is 1. The summed E-state index contributed by atoms with van der Waals surface area (Å²) in [5, 5.41) is 0.450. The van der Waals surface area contributed by atoms with Crippen LogP contribution in [0.25, 0.3) is 0 Å². The number of carbonyl (C=O) groups is 1. The van der Waals surface area contributed by atoms with Gasteiger partial charge in [0.15, 0.2) is 14.6 Å². The molecule has 0 aliphatic heterocycles. The lowest BCUT2D eigenvalue weighted by Gasteiger charge is -2.24. The van der Waals surface area contributed by atoms with E-state index in [1.165, 1.54) is 29.2 Å². The van der Waals surface area contributed by atoms with Gasteiger partial charge < -0.3 is 9.64 Å². The van der Waals surface area contributed by atoms with E-state index in [2.05, 4.69) is 0 Å². The van der Waals surface area contributed by atoms with Crippen LogP contribution in [0.1, 0.15) is 12.8 Å². The minimum atomic E-state index is -3.78. The Balaban J connectivity index is 1.91. The molecule has 25 heavy (non-hydrogen) atoms. The number of methoxy groups -OCH3 is 1.